The van der Waals surface area contributed by atoms with Crippen molar-refractivity contribution < 1.29 is 0 Å². The molecule has 0 unspecified atom stereocenters. The van der Waals surface area contributed by atoms with E-state index in [2.05, 4.69) is 64.1 Å². The summed E-state index contributed by atoms with van der Waals surface area (Å²) in [5, 5.41) is 3.34. The average molecular weight is 270 g/mol. The number of rotatable bonds is 4. The van der Waals surface area contributed by atoms with Crippen LogP contribution in [-0.4, -0.2) is 9.52 Å². The van der Waals surface area contributed by atoms with Crippen molar-refractivity contribution in [3.63, 3.8) is 0 Å². The van der Waals surface area contributed by atoms with E-state index in [9.17, 15) is 0 Å². The Morgan fingerprint density at radius 2 is 1.79 bits per heavy atom. The van der Waals surface area contributed by atoms with Crippen molar-refractivity contribution in [2.24, 2.45) is 5.41 Å². The van der Waals surface area contributed by atoms with E-state index in [1.807, 2.05) is 0 Å². The molecule has 1 aromatic carbocycles. The fourth-order valence-corrected chi connectivity index (χ4v) is 5.22. The minimum absolute atomic E-state index is 0.283. The van der Waals surface area contributed by atoms with E-state index >= 15 is 0 Å². The van der Waals surface area contributed by atoms with Gasteiger partial charge in [0.25, 0.3) is 0 Å². The summed E-state index contributed by atoms with van der Waals surface area (Å²) < 4.78 is 0. The minimum Gasteiger partial charge on any atom is -0.0750 e. The molecule has 0 nitrogen and oxygen atoms in total. The Hall–Kier alpha value is -1.08. The Labute approximate surface area is 120 Å². The van der Waals surface area contributed by atoms with Gasteiger partial charge in [-0.3, -0.25) is 0 Å². The highest BCUT2D eigenvalue weighted by Gasteiger charge is 2.24. The van der Waals surface area contributed by atoms with Gasteiger partial charge in [-0.25, -0.2) is 0 Å². The van der Waals surface area contributed by atoms with Gasteiger partial charge >= 0.3 is 0 Å². The predicted octanol–water partition coefficient (Wildman–Crippen LogP) is 3.91. The van der Waals surface area contributed by atoms with Crippen molar-refractivity contribution in [3.05, 3.63) is 52.8 Å². The van der Waals surface area contributed by atoms with Gasteiger partial charge in [-0.2, -0.15) is 0 Å². The van der Waals surface area contributed by atoms with Crippen molar-refractivity contribution in [3.8, 4) is 0 Å². The van der Waals surface area contributed by atoms with Crippen LogP contribution in [0.5, 0.6) is 0 Å². The van der Waals surface area contributed by atoms with Crippen LogP contribution >= 0.6 is 0 Å². The lowest BCUT2D eigenvalue weighted by Crippen LogP contribution is -2.19. The zero-order valence-corrected chi connectivity index (χ0v) is 14.2. The molecule has 1 aromatic rings. The predicted molar refractivity (Wildman–Crippen MR) is 88.7 cm³/mol. The van der Waals surface area contributed by atoms with Gasteiger partial charge in [-0.05, 0) is 23.8 Å². The Kier molecular flexibility index (Phi) is 4.46. The Morgan fingerprint density at radius 3 is 2.37 bits per heavy atom. The maximum Gasteiger partial charge on any atom is 0.0832 e. The number of hydrogen-bond donors (Lipinski definition) is 0. The highest BCUT2D eigenvalue weighted by molar-refractivity contribution is 6.61. The molecule has 1 heteroatoms. The van der Waals surface area contributed by atoms with Crippen molar-refractivity contribution in [1.29, 1.82) is 0 Å². The summed E-state index contributed by atoms with van der Waals surface area (Å²) in [5.41, 5.74) is 3.59. The summed E-state index contributed by atoms with van der Waals surface area (Å²) in [4.78, 5) is 0. The zero-order chi connectivity index (χ0) is 13.9. The standard InChI is InChI=1S/C18H26Si/c1-5-9-14-12-16(18(2,3)4)17(13-14)19-15-10-7-6-8-11-15/h6-8,10-12H,5,9,13,19H2,1-4H3. The number of hydrogen-bond acceptors (Lipinski definition) is 0. The van der Waals surface area contributed by atoms with Crippen LogP contribution in [0.4, 0.5) is 0 Å². The normalized spacial score (nSPS) is 16.5. The molecule has 0 heterocycles. The first-order chi connectivity index (χ1) is 9.00. The second-order valence-electron chi connectivity index (χ2n) is 6.66. The summed E-state index contributed by atoms with van der Waals surface area (Å²) in [6.07, 6.45) is 6.30. The van der Waals surface area contributed by atoms with Crippen LogP contribution in [0.15, 0.2) is 52.8 Å². The van der Waals surface area contributed by atoms with Gasteiger partial charge in [-0.15, -0.1) is 0 Å². The van der Waals surface area contributed by atoms with Crippen LogP contribution in [0.25, 0.3) is 0 Å². The van der Waals surface area contributed by atoms with Crippen LogP contribution in [0, 0.1) is 5.41 Å². The third kappa shape index (κ3) is 3.70. The minimum atomic E-state index is -0.283. The fraction of sp³-hybridized carbons (Fsp3) is 0.444. The molecule has 102 valence electrons. The Balaban J connectivity index is 2.22. The summed E-state index contributed by atoms with van der Waals surface area (Å²) >= 11 is 0. The lowest BCUT2D eigenvalue weighted by Gasteiger charge is -2.21. The molecule has 0 saturated heterocycles. The topological polar surface area (TPSA) is 0 Å². The quantitative estimate of drug-likeness (QED) is 0.728. The number of benzene rings is 1. The maximum absolute atomic E-state index is 2.51. The number of allylic oxidation sites excluding steroid dienone is 4. The smallest absolute Gasteiger partial charge is 0.0750 e. The van der Waals surface area contributed by atoms with Crippen molar-refractivity contribution in [2.75, 3.05) is 0 Å². The Bertz CT molecular complexity index is 486. The molecule has 1 aliphatic carbocycles. The van der Waals surface area contributed by atoms with Gasteiger partial charge in [0.05, 0.1) is 9.52 Å². The van der Waals surface area contributed by atoms with Crippen molar-refractivity contribution in [1.82, 2.24) is 0 Å². The van der Waals surface area contributed by atoms with Gasteiger partial charge in [0.1, 0.15) is 0 Å². The van der Waals surface area contributed by atoms with E-state index in [4.69, 9.17) is 0 Å². The van der Waals surface area contributed by atoms with E-state index in [1.54, 1.807) is 21.5 Å². The molecule has 0 saturated carbocycles. The SMILES string of the molecule is CCCC1=CC(C(C)(C)C)=C([SiH2]c2ccccc2)C1. The molecule has 0 aromatic heterocycles. The molecule has 0 aliphatic heterocycles. The summed E-state index contributed by atoms with van der Waals surface area (Å²) in [6, 6.07) is 11.1. The second-order valence-corrected chi connectivity index (χ2v) is 8.68. The molecular formula is C18H26Si. The van der Waals surface area contributed by atoms with Gasteiger partial charge in [0.15, 0.2) is 0 Å². The molecule has 0 spiro atoms. The highest BCUT2D eigenvalue weighted by atomic mass is 28.2. The molecular weight excluding hydrogens is 244 g/mol. The third-order valence-electron chi connectivity index (χ3n) is 3.81. The van der Waals surface area contributed by atoms with E-state index in [0.717, 1.165) is 0 Å². The maximum atomic E-state index is 2.51. The monoisotopic (exact) mass is 270 g/mol. The van der Waals surface area contributed by atoms with E-state index < -0.39 is 0 Å². The molecule has 0 bridgehead atoms. The molecule has 0 atom stereocenters. The first-order valence-electron chi connectivity index (χ1n) is 7.46. The Morgan fingerprint density at radius 1 is 1.11 bits per heavy atom. The molecule has 0 fully saturated rings. The zero-order valence-electron chi connectivity index (χ0n) is 12.8. The summed E-state index contributed by atoms with van der Waals surface area (Å²) in [7, 11) is -0.283. The van der Waals surface area contributed by atoms with Crippen LogP contribution < -0.4 is 5.19 Å². The van der Waals surface area contributed by atoms with Crippen LogP contribution in [0.2, 0.25) is 0 Å². The van der Waals surface area contributed by atoms with Gasteiger partial charge in [0, 0.05) is 0 Å². The largest absolute Gasteiger partial charge is 0.0832 e. The van der Waals surface area contributed by atoms with Crippen LogP contribution in [-0.2, 0) is 0 Å². The van der Waals surface area contributed by atoms with Crippen LogP contribution in [0.1, 0.15) is 47.0 Å². The third-order valence-corrected chi connectivity index (χ3v) is 5.75. The fourth-order valence-electron chi connectivity index (χ4n) is 2.96. The van der Waals surface area contributed by atoms with Gasteiger partial charge in [0.2, 0.25) is 0 Å². The van der Waals surface area contributed by atoms with Gasteiger partial charge < -0.3 is 0 Å². The van der Waals surface area contributed by atoms with E-state index in [0.29, 0.717) is 5.41 Å². The average Bonchev–Trinajstić information content (AvgIpc) is 2.74. The van der Waals surface area contributed by atoms with E-state index in [1.165, 1.54) is 19.3 Å². The lowest BCUT2D eigenvalue weighted by atomic mass is 9.87. The molecule has 0 N–H and O–H groups in total. The molecule has 0 amide bonds. The highest BCUT2D eigenvalue weighted by Crippen LogP contribution is 2.38. The molecule has 19 heavy (non-hydrogen) atoms. The second kappa shape index (κ2) is 5.92. The van der Waals surface area contributed by atoms with Crippen LogP contribution in [0.3, 0.4) is 0 Å². The van der Waals surface area contributed by atoms with Gasteiger partial charge in [-0.1, -0.05) is 86.5 Å². The molecule has 2 rings (SSSR count). The van der Waals surface area contributed by atoms with Crippen molar-refractivity contribution >= 4 is 14.7 Å². The first kappa shape index (κ1) is 14.3. The molecule has 1 aliphatic rings. The van der Waals surface area contributed by atoms with Crippen molar-refractivity contribution in [2.45, 2.75) is 47.0 Å². The first-order valence-corrected chi connectivity index (χ1v) is 8.88. The lowest BCUT2D eigenvalue weighted by molar-refractivity contribution is 0.516. The summed E-state index contributed by atoms with van der Waals surface area (Å²) in [5.74, 6) is 0. The van der Waals surface area contributed by atoms with E-state index in [-0.39, 0.29) is 9.52 Å². The molecule has 0 radical (unpaired) electrons. The summed E-state index contributed by atoms with van der Waals surface area (Å²) in [6.45, 7) is 9.34.